The second-order valence-corrected chi connectivity index (χ2v) is 6.10. The van der Waals surface area contributed by atoms with E-state index in [4.69, 9.17) is 10.00 Å². The summed E-state index contributed by atoms with van der Waals surface area (Å²) in [6.45, 7) is 1.49. The van der Waals surface area contributed by atoms with Crippen molar-refractivity contribution in [3.05, 3.63) is 63.7 Å². The van der Waals surface area contributed by atoms with E-state index in [-0.39, 0.29) is 24.2 Å². The highest BCUT2D eigenvalue weighted by atomic mass is 16.6. The van der Waals surface area contributed by atoms with E-state index in [0.29, 0.717) is 11.4 Å². The van der Waals surface area contributed by atoms with Crippen molar-refractivity contribution in [2.24, 2.45) is 0 Å². The Morgan fingerprint density at radius 1 is 1.24 bits per heavy atom. The van der Waals surface area contributed by atoms with Gasteiger partial charge in [-0.15, -0.1) is 0 Å². The van der Waals surface area contributed by atoms with Crippen molar-refractivity contribution < 1.29 is 19.2 Å². The minimum absolute atomic E-state index is 0.0478. The number of carbonyl (C=O) groups excluding carboxylic acids is 2. The first-order valence-electron chi connectivity index (χ1n) is 8.74. The molecular formula is C20H20N4O5. The lowest BCUT2D eigenvalue weighted by molar-refractivity contribution is -0.384. The second-order valence-electron chi connectivity index (χ2n) is 6.10. The van der Waals surface area contributed by atoms with Crippen molar-refractivity contribution in [1.82, 2.24) is 0 Å². The Morgan fingerprint density at radius 3 is 2.52 bits per heavy atom. The molecule has 0 aliphatic rings. The van der Waals surface area contributed by atoms with Gasteiger partial charge in [0.2, 0.25) is 0 Å². The Hall–Kier alpha value is -3.93. The van der Waals surface area contributed by atoms with Gasteiger partial charge in [-0.3, -0.25) is 14.9 Å². The summed E-state index contributed by atoms with van der Waals surface area (Å²) < 4.78 is 5.10. The maximum absolute atomic E-state index is 12.6. The van der Waals surface area contributed by atoms with Gasteiger partial charge in [0.05, 0.1) is 23.0 Å². The highest BCUT2D eigenvalue weighted by Crippen LogP contribution is 2.23. The van der Waals surface area contributed by atoms with Gasteiger partial charge in [-0.2, -0.15) is 5.26 Å². The van der Waals surface area contributed by atoms with Gasteiger partial charge in [0, 0.05) is 37.1 Å². The SMILES string of the molecule is CNc1ccc([N+](=O)[O-])cc1C(=O)OCC(=O)N(CCC#N)c1ccc(C)cc1. The largest absolute Gasteiger partial charge is 0.452 e. The molecule has 9 heteroatoms. The summed E-state index contributed by atoms with van der Waals surface area (Å²) >= 11 is 0. The third kappa shape index (κ3) is 5.52. The van der Waals surface area contributed by atoms with Crippen LogP contribution in [0, 0.1) is 28.4 Å². The number of anilines is 2. The van der Waals surface area contributed by atoms with E-state index in [0.717, 1.165) is 11.6 Å². The van der Waals surface area contributed by atoms with Crippen LogP contribution in [0.4, 0.5) is 17.1 Å². The molecule has 1 amide bonds. The van der Waals surface area contributed by atoms with Gasteiger partial charge in [-0.1, -0.05) is 17.7 Å². The summed E-state index contributed by atoms with van der Waals surface area (Å²) in [5.74, 6) is -1.37. The molecule has 0 aliphatic heterocycles. The lowest BCUT2D eigenvalue weighted by Gasteiger charge is -2.22. The van der Waals surface area contributed by atoms with Crippen molar-refractivity contribution in [1.29, 1.82) is 5.26 Å². The number of amides is 1. The number of hydrogen-bond donors (Lipinski definition) is 1. The fraction of sp³-hybridized carbons (Fsp3) is 0.250. The molecule has 0 saturated carbocycles. The fourth-order valence-corrected chi connectivity index (χ4v) is 2.60. The molecule has 0 aromatic heterocycles. The lowest BCUT2D eigenvalue weighted by Crippen LogP contribution is -2.35. The molecule has 0 aliphatic carbocycles. The average Bonchev–Trinajstić information content (AvgIpc) is 2.72. The predicted octanol–water partition coefficient (Wildman–Crippen LogP) is 3.05. The molecule has 0 radical (unpaired) electrons. The van der Waals surface area contributed by atoms with Crippen LogP contribution in [0.2, 0.25) is 0 Å². The molecule has 2 rings (SSSR count). The van der Waals surface area contributed by atoms with Gasteiger partial charge in [0.15, 0.2) is 6.61 Å². The second kappa shape index (κ2) is 9.85. The average molecular weight is 396 g/mol. The first-order valence-corrected chi connectivity index (χ1v) is 8.74. The molecule has 0 heterocycles. The van der Waals surface area contributed by atoms with E-state index in [1.165, 1.54) is 17.0 Å². The van der Waals surface area contributed by atoms with Gasteiger partial charge < -0.3 is 15.0 Å². The molecule has 0 fully saturated rings. The zero-order valence-corrected chi connectivity index (χ0v) is 16.0. The van der Waals surface area contributed by atoms with E-state index >= 15 is 0 Å². The molecule has 2 aromatic carbocycles. The Morgan fingerprint density at radius 2 is 1.93 bits per heavy atom. The Kier molecular flexibility index (Phi) is 7.26. The van der Waals surface area contributed by atoms with Crippen molar-refractivity contribution in [3.63, 3.8) is 0 Å². The third-order valence-corrected chi connectivity index (χ3v) is 4.12. The van der Waals surface area contributed by atoms with Crippen molar-refractivity contribution in [2.45, 2.75) is 13.3 Å². The summed E-state index contributed by atoms with van der Waals surface area (Å²) in [6, 6.07) is 12.9. The minimum Gasteiger partial charge on any atom is -0.452 e. The maximum Gasteiger partial charge on any atom is 0.341 e. The van der Waals surface area contributed by atoms with E-state index in [9.17, 15) is 19.7 Å². The fourth-order valence-electron chi connectivity index (χ4n) is 2.60. The molecule has 2 aromatic rings. The van der Waals surface area contributed by atoms with Crippen LogP contribution >= 0.6 is 0 Å². The predicted molar refractivity (Wildman–Crippen MR) is 107 cm³/mol. The summed E-state index contributed by atoms with van der Waals surface area (Å²) in [7, 11) is 1.56. The van der Waals surface area contributed by atoms with Crippen molar-refractivity contribution in [3.8, 4) is 6.07 Å². The van der Waals surface area contributed by atoms with Gasteiger partial charge in [-0.25, -0.2) is 4.79 Å². The Labute approximate surface area is 167 Å². The highest BCUT2D eigenvalue weighted by molar-refractivity contribution is 5.99. The normalized spacial score (nSPS) is 9.97. The number of non-ortho nitro benzene ring substituents is 1. The lowest BCUT2D eigenvalue weighted by atomic mass is 10.1. The molecule has 0 spiro atoms. The monoisotopic (exact) mass is 396 g/mol. The maximum atomic E-state index is 12.6. The zero-order valence-electron chi connectivity index (χ0n) is 16.0. The Balaban J connectivity index is 2.15. The van der Waals surface area contributed by atoms with Crippen LogP contribution < -0.4 is 10.2 Å². The van der Waals surface area contributed by atoms with E-state index in [1.54, 1.807) is 19.2 Å². The number of esters is 1. The highest BCUT2D eigenvalue weighted by Gasteiger charge is 2.21. The number of nitrogens with zero attached hydrogens (tertiary/aromatic N) is 3. The molecule has 0 atom stereocenters. The number of nitro groups is 1. The van der Waals surface area contributed by atoms with Crippen molar-refractivity contribution in [2.75, 3.05) is 30.4 Å². The van der Waals surface area contributed by atoms with Crippen LogP contribution in [0.3, 0.4) is 0 Å². The first kappa shape index (κ1) is 21.4. The van der Waals surface area contributed by atoms with Gasteiger partial charge in [0.25, 0.3) is 11.6 Å². The van der Waals surface area contributed by atoms with Crippen LogP contribution in [-0.4, -0.2) is 37.0 Å². The first-order chi connectivity index (χ1) is 13.9. The summed E-state index contributed by atoms with van der Waals surface area (Å²) in [6.07, 6.45) is 0.113. The zero-order chi connectivity index (χ0) is 21.4. The van der Waals surface area contributed by atoms with E-state index in [1.807, 2.05) is 25.1 Å². The van der Waals surface area contributed by atoms with Crippen molar-refractivity contribution >= 4 is 28.9 Å². The standard InChI is InChI=1S/C20H20N4O5/c1-14-4-6-15(7-5-14)23(11-3-10-21)19(25)13-29-20(26)17-12-16(24(27)28)8-9-18(17)22-2/h4-9,12,22H,3,11,13H2,1-2H3. The molecule has 9 nitrogen and oxygen atoms in total. The number of nitro benzene ring substituents is 1. The number of ether oxygens (including phenoxy) is 1. The number of benzene rings is 2. The summed E-state index contributed by atoms with van der Waals surface area (Å²) in [5.41, 5.74) is 1.62. The number of nitrogens with one attached hydrogen (secondary N) is 1. The molecule has 0 unspecified atom stereocenters. The molecule has 1 N–H and O–H groups in total. The van der Waals surface area contributed by atoms with Crippen LogP contribution in [0.15, 0.2) is 42.5 Å². The molecule has 29 heavy (non-hydrogen) atoms. The van der Waals surface area contributed by atoms with Gasteiger partial charge in [0.1, 0.15) is 0 Å². The minimum atomic E-state index is -0.865. The topological polar surface area (TPSA) is 126 Å². The van der Waals surface area contributed by atoms with Gasteiger partial charge >= 0.3 is 5.97 Å². The number of carbonyl (C=O) groups is 2. The summed E-state index contributed by atoms with van der Waals surface area (Å²) in [5, 5.41) is 22.6. The smallest absolute Gasteiger partial charge is 0.341 e. The summed E-state index contributed by atoms with van der Waals surface area (Å²) in [4.78, 5) is 36.7. The number of nitriles is 1. The van der Waals surface area contributed by atoms with Crippen LogP contribution in [0.25, 0.3) is 0 Å². The molecule has 0 saturated heterocycles. The Bertz CT molecular complexity index is 950. The van der Waals surface area contributed by atoms with Gasteiger partial charge in [-0.05, 0) is 25.1 Å². The number of rotatable bonds is 8. The number of hydrogen-bond acceptors (Lipinski definition) is 7. The number of aryl methyl sites for hydroxylation is 1. The van der Waals surface area contributed by atoms with Crippen LogP contribution in [0.5, 0.6) is 0 Å². The van der Waals surface area contributed by atoms with Crippen LogP contribution in [0.1, 0.15) is 22.3 Å². The quantitative estimate of drug-likeness (QED) is 0.413. The molecule has 150 valence electrons. The third-order valence-electron chi connectivity index (χ3n) is 4.12. The van der Waals surface area contributed by atoms with E-state index in [2.05, 4.69) is 5.32 Å². The van der Waals surface area contributed by atoms with Crippen LogP contribution in [-0.2, 0) is 9.53 Å². The van der Waals surface area contributed by atoms with E-state index < -0.39 is 23.4 Å². The molecule has 0 bridgehead atoms. The molecular weight excluding hydrogens is 376 g/mol.